The average molecular weight is 446 g/mol. The minimum atomic E-state index is -3.94. The van der Waals surface area contributed by atoms with Crippen LogP contribution in [0.25, 0.3) is 11.0 Å². The fraction of sp³-hybridized carbons (Fsp3) is 0.350. The van der Waals surface area contributed by atoms with E-state index >= 15 is 0 Å². The van der Waals surface area contributed by atoms with Crippen LogP contribution in [-0.4, -0.2) is 62.0 Å². The summed E-state index contributed by atoms with van der Waals surface area (Å²) in [5, 5.41) is 10.4. The number of esters is 1. The number of H-pyrrole nitrogens is 1. The normalized spacial score (nSPS) is 16.7. The van der Waals surface area contributed by atoms with Gasteiger partial charge in [0, 0.05) is 6.54 Å². The smallest absolute Gasteiger partial charge is 0.307 e. The lowest BCUT2D eigenvalue weighted by molar-refractivity contribution is -0.141. The van der Waals surface area contributed by atoms with Gasteiger partial charge in [-0.2, -0.15) is 19.7 Å². The van der Waals surface area contributed by atoms with Crippen LogP contribution in [-0.2, 0) is 26.0 Å². The van der Waals surface area contributed by atoms with E-state index in [1.165, 1.54) is 37.8 Å². The van der Waals surface area contributed by atoms with Crippen molar-refractivity contribution in [3.8, 4) is 11.5 Å². The Balaban J connectivity index is 1.81. The summed E-state index contributed by atoms with van der Waals surface area (Å²) in [7, 11) is 0.377. The maximum atomic E-state index is 13.6. The summed E-state index contributed by atoms with van der Waals surface area (Å²) >= 11 is 0. The van der Waals surface area contributed by atoms with Crippen molar-refractivity contribution in [1.82, 2.24) is 19.7 Å². The van der Waals surface area contributed by atoms with Crippen LogP contribution < -0.4 is 9.47 Å². The van der Waals surface area contributed by atoms with E-state index in [4.69, 9.17) is 14.2 Å². The number of carbonyl (C=O) groups is 1. The first-order chi connectivity index (χ1) is 14.9. The molecule has 0 bridgehead atoms. The molecule has 1 atom stereocenters. The average Bonchev–Trinajstić information content (AvgIpc) is 3.26. The van der Waals surface area contributed by atoms with E-state index in [1.807, 2.05) is 6.07 Å². The number of ether oxygens (including phenoxy) is 3. The molecule has 0 saturated carbocycles. The molecule has 1 aliphatic rings. The fourth-order valence-corrected chi connectivity index (χ4v) is 5.49. The number of benzene rings is 2. The Kier molecular flexibility index (Phi) is 5.54. The lowest BCUT2D eigenvalue weighted by atomic mass is 9.91. The van der Waals surface area contributed by atoms with E-state index in [0.717, 1.165) is 5.56 Å². The van der Waals surface area contributed by atoms with Gasteiger partial charge in [-0.15, -0.1) is 0 Å². The predicted molar refractivity (Wildman–Crippen MR) is 110 cm³/mol. The van der Waals surface area contributed by atoms with Crippen LogP contribution in [0.15, 0.2) is 35.2 Å². The van der Waals surface area contributed by atoms with Crippen molar-refractivity contribution in [3.63, 3.8) is 0 Å². The van der Waals surface area contributed by atoms with E-state index in [9.17, 15) is 13.2 Å². The molecular formula is C20H22N4O6S. The first-order valence-corrected chi connectivity index (χ1v) is 11.0. The number of aromatic amines is 1. The number of hydrogen-bond donors (Lipinski definition) is 1. The van der Waals surface area contributed by atoms with Crippen LogP contribution in [0.4, 0.5) is 0 Å². The van der Waals surface area contributed by atoms with Gasteiger partial charge in [0.05, 0.1) is 38.7 Å². The third kappa shape index (κ3) is 3.70. The van der Waals surface area contributed by atoms with Gasteiger partial charge in [0.15, 0.2) is 11.5 Å². The molecule has 1 N–H and O–H groups in total. The third-order valence-electron chi connectivity index (χ3n) is 5.44. The van der Waals surface area contributed by atoms with Gasteiger partial charge in [0.25, 0.3) is 0 Å². The van der Waals surface area contributed by atoms with E-state index in [0.29, 0.717) is 34.5 Å². The van der Waals surface area contributed by atoms with Gasteiger partial charge in [0.1, 0.15) is 11.0 Å². The maximum Gasteiger partial charge on any atom is 0.307 e. The molecule has 0 spiro atoms. The SMILES string of the molecule is COC(=O)CC1c2cc(OC)c(OC)cc2CCN1S(=O)(=O)c1ccc2n[nH]nc2c1. The number of hydrogen-bond acceptors (Lipinski definition) is 8. The van der Waals surface area contributed by atoms with Crippen LogP contribution >= 0.6 is 0 Å². The summed E-state index contributed by atoms with van der Waals surface area (Å²) in [5.74, 6) is 0.491. The molecule has 31 heavy (non-hydrogen) atoms. The van der Waals surface area contributed by atoms with Gasteiger partial charge in [0.2, 0.25) is 10.0 Å². The van der Waals surface area contributed by atoms with E-state index in [1.54, 1.807) is 12.1 Å². The molecule has 4 rings (SSSR count). The number of carbonyl (C=O) groups excluding carboxylic acids is 1. The van der Waals surface area contributed by atoms with Gasteiger partial charge >= 0.3 is 5.97 Å². The van der Waals surface area contributed by atoms with Crippen molar-refractivity contribution in [3.05, 3.63) is 41.5 Å². The van der Waals surface area contributed by atoms with Crippen molar-refractivity contribution in [2.24, 2.45) is 0 Å². The standard InChI is InChI=1S/C20H22N4O6S/c1-28-18-8-12-6-7-24(17(11-20(25)30-3)14(12)10-19(18)29-2)31(26,27)13-4-5-15-16(9-13)22-23-21-15/h4-5,8-10,17H,6-7,11H2,1-3H3,(H,21,22,23). The van der Waals surface area contributed by atoms with Crippen molar-refractivity contribution in [1.29, 1.82) is 0 Å². The zero-order chi connectivity index (χ0) is 22.2. The van der Waals surface area contributed by atoms with Gasteiger partial charge in [-0.1, -0.05) is 0 Å². The fourth-order valence-electron chi connectivity index (χ4n) is 3.86. The molecular weight excluding hydrogens is 424 g/mol. The van der Waals surface area contributed by atoms with Crippen LogP contribution in [0.5, 0.6) is 11.5 Å². The Bertz CT molecular complexity index is 1240. The summed E-state index contributed by atoms with van der Waals surface area (Å²) in [6, 6.07) is 7.34. The molecule has 0 saturated heterocycles. The van der Waals surface area contributed by atoms with Gasteiger partial charge in [-0.05, 0) is 47.9 Å². The Labute approximate surface area is 179 Å². The number of rotatable bonds is 6. The van der Waals surface area contributed by atoms with Crippen LogP contribution in [0, 0.1) is 0 Å². The highest BCUT2D eigenvalue weighted by atomic mass is 32.2. The van der Waals surface area contributed by atoms with Gasteiger partial charge in [-0.25, -0.2) is 8.42 Å². The largest absolute Gasteiger partial charge is 0.493 e. The molecule has 2 aromatic carbocycles. The number of nitrogens with one attached hydrogen (secondary N) is 1. The van der Waals surface area contributed by atoms with E-state index in [2.05, 4.69) is 15.4 Å². The minimum Gasteiger partial charge on any atom is -0.493 e. The summed E-state index contributed by atoms with van der Waals surface area (Å²) < 4.78 is 44.1. The summed E-state index contributed by atoms with van der Waals surface area (Å²) in [4.78, 5) is 12.3. The number of methoxy groups -OCH3 is 3. The Hall–Kier alpha value is -3.18. The highest BCUT2D eigenvalue weighted by Crippen LogP contribution is 2.41. The third-order valence-corrected chi connectivity index (χ3v) is 7.34. The molecule has 1 aliphatic heterocycles. The number of aromatic nitrogens is 3. The predicted octanol–water partition coefficient (Wildman–Crippen LogP) is 1.83. The summed E-state index contributed by atoms with van der Waals surface area (Å²) in [6.45, 7) is 0.198. The van der Waals surface area contributed by atoms with Crippen LogP contribution in [0.2, 0.25) is 0 Å². The van der Waals surface area contributed by atoms with Crippen molar-refractivity contribution in [2.75, 3.05) is 27.9 Å². The second-order valence-electron chi connectivity index (χ2n) is 7.04. The monoisotopic (exact) mass is 446 g/mol. The summed E-state index contributed by atoms with van der Waals surface area (Å²) in [6.07, 6.45) is 0.323. The molecule has 0 amide bonds. The molecule has 2 heterocycles. The number of nitrogens with zero attached hydrogens (tertiary/aromatic N) is 3. The van der Waals surface area contributed by atoms with Crippen molar-refractivity contribution < 1.29 is 27.4 Å². The molecule has 10 nitrogen and oxygen atoms in total. The lowest BCUT2D eigenvalue weighted by Crippen LogP contribution is -2.41. The lowest BCUT2D eigenvalue weighted by Gasteiger charge is -2.36. The topological polar surface area (TPSA) is 124 Å². The summed E-state index contributed by atoms with van der Waals surface area (Å²) in [5.41, 5.74) is 2.57. The van der Waals surface area contributed by atoms with Gasteiger partial charge < -0.3 is 14.2 Å². The highest BCUT2D eigenvalue weighted by molar-refractivity contribution is 7.89. The van der Waals surface area contributed by atoms with Crippen LogP contribution in [0.3, 0.4) is 0 Å². The molecule has 164 valence electrons. The second-order valence-corrected chi connectivity index (χ2v) is 8.93. The van der Waals surface area contributed by atoms with Gasteiger partial charge in [-0.3, -0.25) is 4.79 Å². The Morgan fingerprint density at radius 1 is 1.10 bits per heavy atom. The van der Waals surface area contributed by atoms with Crippen LogP contribution in [0.1, 0.15) is 23.6 Å². The Morgan fingerprint density at radius 3 is 2.52 bits per heavy atom. The minimum absolute atomic E-state index is 0.0766. The molecule has 0 radical (unpaired) electrons. The molecule has 0 aliphatic carbocycles. The zero-order valence-electron chi connectivity index (χ0n) is 17.3. The van der Waals surface area contributed by atoms with Crippen molar-refractivity contribution >= 4 is 27.0 Å². The maximum absolute atomic E-state index is 13.6. The van der Waals surface area contributed by atoms with E-state index in [-0.39, 0.29) is 17.9 Å². The molecule has 3 aromatic rings. The number of fused-ring (bicyclic) bond motifs is 2. The second kappa shape index (κ2) is 8.16. The molecule has 0 fully saturated rings. The molecule has 11 heteroatoms. The quantitative estimate of drug-likeness (QED) is 0.569. The van der Waals surface area contributed by atoms with Crippen molar-refractivity contribution in [2.45, 2.75) is 23.8 Å². The number of sulfonamides is 1. The molecule has 1 unspecified atom stereocenters. The molecule has 1 aromatic heterocycles. The first kappa shape index (κ1) is 21.1. The zero-order valence-corrected chi connectivity index (χ0v) is 18.1. The first-order valence-electron chi connectivity index (χ1n) is 9.53. The van der Waals surface area contributed by atoms with E-state index < -0.39 is 22.0 Å². The Morgan fingerprint density at radius 2 is 1.81 bits per heavy atom. The highest BCUT2D eigenvalue weighted by Gasteiger charge is 2.38.